The number of hydrogen-bond donors (Lipinski definition) is 0. The number of terminal acetylenes is 1. The van der Waals surface area contributed by atoms with Crippen molar-refractivity contribution in [2.45, 2.75) is 6.92 Å². The second-order valence-electron chi connectivity index (χ2n) is 3.29. The van der Waals surface area contributed by atoms with Gasteiger partial charge in [0.1, 0.15) is 11.9 Å². The van der Waals surface area contributed by atoms with Crippen LogP contribution in [0.15, 0.2) is 24.3 Å². The van der Waals surface area contributed by atoms with Crippen LogP contribution in [0.25, 0.3) is 0 Å². The standard InChI is InChI=1S/C19H8O/c1-3-4-5-6-7-8-9-10-11-12-17-20-19-15-13-18(2)14-16-19/h1,13-16H,2H3. The van der Waals surface area contributed by atoms with Gasteiger partial charge < -0.3 is 4.74 Å². The van der Waals surface area contributed by atoms with Gasteiger partial charge in [-0.3, -0.25) is 0 Å². The van der Waals surface area contributed by atoms with E-state index in [-0.39, 0.29) is 0 Å². The van der Waals surface area contributed by atoms with Gasteiger partial charge in [-0.15, -0.1) is 6.42 Å². The SMILES string of the molecule is C#CC#CC#CC#CC#CC#COc1ccc(C)cc1. The van der Waals surface area contributed by atoms with Crippen molar-refractivity contribution in [3.8, 4) is 77.5 Å². The lowest BCUT2D eigenvalue weighted by Gasteiger charge is -1.95. The highest BCUT2D eigenvalue weighted by atomic mass is 16.5. The van der Waals surface area contributed by atoms with E-state index in [2.05, 4.69) is 65.3 Å². The van der Waals surface area contributed by atoms with E-state index < -0.39 is 0 Å². The molecule has 1 nitrogen and oxygen atoms in total. The molecule has 1 rings (SSSR count). The van der Waals surface area contributed by atoms with Crippen molar-refractivity contribution in [2.24, 2.45) is 0 Å². The molecule has 0 saturated carbocycles. The highest BCUT2D eigenvalue weighted by Gasteiger charge is 1.88. The first-order valence-electron chi connectivity index (χ1n) is 5.52. The van der Waals surface area contributed by atoms with E-state index in [4.69, 9.17) is 11.2 Å². The van der Waals surface area contributed by atoms with Gasteiger partial charge in [-0.05, 0) is 48.7 Å². The molecule has 0 fully saturated rings. The highest BCUT2D eigenvalue weighted by molar-refractivity contribution is 5.43. The Morgan fingerprint density at radius 1 is 0.750 bits per heavy atom. The van der Waals surface area contributed by atoms with Crippen LogP contribution in [-0.4, -0.2) is 0 Å². The van der Waals surface area contributed by atoms with E-state index in [0.717, 1.165) is 5.56 Å². The van der Waals surface area contributed by atoms with Crippen molar-refractivity contribution < 1.29 is 4.74 Å². The van der Waals surface area contributed by atoms with E-state index in [9.17, 15) is 0 Å². The van der Waals surface area contributed by atoms with Crippen LogP contribution in [0.1, 0.15) is 5.56 Å². The van der Waals surface area contributed by atoms with Crippen molar-refractivity contribution in [2.75, 3.05) is 0 Å². The molecule has 1 aromatic carbocycles. The smallest absolute Gasteiger partial charge is 0.140 e. The molecule has 0 aliphatic rings. The molecule has 0 atom stereocenters. The van der Waals surface area contributed by atoms with Gasteiger partial charge in [0.15, 0.2) is 0 Å². The van der Waals surface area contributed by atoms with Gasteiger partial charge in [0.05, 0.1) is 0 Å². The summed E-state index contributed by atoms with van der Waals surface area (Å²) in [6.45, 7) is 2.00. The molecular weight excluding hydrogens is 244 g/mol. The van der Waals surface area contributed by atoms with Crippen molar-refractivity contribution in [1.29, 1.82) is 0 Å². The first kappa shape index (κ1) is 14.4. The summed E-state index contributed by atoms with van der Waals surface area (Å²) in [5, 5.41) is 0. The van der Waals surface area contributed by atoms with Gasteiger partial charge in [0.2, 0.25) is 0 Å². The Bertz CT molecular complexity index is 807. The lowest BCUT2D eigenvalue weighted by Crippen LogP contribution is -1.81. The minimum absolute atomic E-state index is 0.675. The lowest BCUT2D eigenvalue weighted by atomic mass is 10.2. The minimum Gasteiger partial charge on any atom is -0.407 e. The number of benzene rings is 1. The molecule has 0 saturated heterocycles. The molecule has 1 aromatic rings. The van der Waals surface area contributed by atoms with Crippen molar-refractivity contribution in [1.82, 2.24) is 0 Å². The van der Waals surface area contributed by atoms with Crippen molar-refractivity contribution >= 4 is 0 Å². The van der Waals surface area contributed by atoms with Gasteiger partial charge in [0, 0.05) is 29.6 Å². The van der Waals surface area contributed by atoms with Gasteiger partial charge >= 0.3 is 0 Å². The number of rotatable bonds is 1. The Hall–Kier alpha value is -3.62. The number of hydrogen-bond acceptors (Lipinski definition) is 1. The van der Waals surface area contributed by atoms with Gasteiger partial charge in [-0.1, -0.05) is 17.7 Å². The topological polar surface area (TPSA) is 9.23 Å². The molecule has 0 bridgehead atoms. The maximum Gasteiger partial charge on any atom is 0.140 e. The van der Waals surface area contributed by atoms with Crippen molar-refractivity contribution in [3.63, 3.8) is 0 Å². The second-order valence-corrected chi connectivity index (χ2v) is 3.29. The average Bonchev–Trinajstić information content (AvgIpc) is 2.47. The molecule has 90 valence electrons. The van der Waals surface area contributed by atoms with Crippen LogP contribution in [0.4, 0.5) is 0 Å². The van der Waals surface area contributed by atoms with Gasteiger partial charge in [-0.25, -0.2) is 0 Å². The molecule has 0 radical (unpaired) electrons. The first-order chi connectivity index (χ1) is 9.83. The van der Waals surface area contributed by atoms with Crippen LogP contribution < -0.4 is 4.74 Å². The molecule has 20 heavy (non-hydrogen) atoms. The first-order valence-corrected chi connectivity index (χ1v) is 5.52. The number of aryl methyl sites for hydroxylation is 1. The summed E-state index contributed by atoms with van der Waals surface area (Å²) in [7, 11) is 0. The fraction of sp³-hybridized carbons (Fsp3) is 0.0526. The summed E-state index contributed by atoms with van der Waals surface area (Å²) in [4.78, 5) is 0. The van der Waals surface area contributed by atoms with E-state index >= 15 is 0 Å². The molecule has 0 unspecified atom stereocenters. The predicted molar refractivity (Wildman–Crippen MR) is 79.5 cm³/mol. The molecule has 0 spiro atoms. The quantitative estimate of drug-likeness (QED) is 0.694. The van der Waals surface area contributed by atoms with Crippen LogP contribution in [0.2, 0.25) is 0 Å². The van der Waals surface area contributed by atoms with E-state index in [0.29, 0.717) is 5.75 Å². The molecule has 0 N–H and O–H groups in total. The zero-order chi connectivity index (χ0) is 14.5. The Labute approximate surface area is 119 Å². The van der Waals surface area contributed by atoms with Crippen LogP contribution in [0, 0.1) is 78.7 Å². The highest BCUT2D eigenvalue weighted by Crippen LogP contribution is 2.10. The zero-order valence-corrected chi connectivity index (χ0v) is 10.8. The third-order valence-electron chi connectivity index (χ3n) is 1.81. The fourth-order valence-corrected chi connectivity index (χ4v) is 0.971. The molecule has 0 amide bonds. The largest absolute Gasteiger partial charge is 0.407 e. The maximum absolute atomic E-state index is 5.16. The van der Waals surface area contributed by atoms with E-state index in [1.807, 2.05) is 31.2 Å². The van der Waals surface area contributed by atoms with Gasteiger partial charge in [-0.2, -0.15) is 0 Å². The van der Waals surface area contributed by atoms with Gasteiger partial charge in [0.25, 0.3) is 0 Å². The normalized spacial score (nSPS) is 6.20. The summed E-state index contributed by atoms with van der Waals surface area (Å²) in [6, 6.07) is 7.56. The van der Waals surface area contributed by atoms with Crippen LogP contribution in [0.5, 0.6) is 5.75 Å². The molecule has 1 heteroatoms. The van der Waals surface area contributed by atoms with Crippen LogP contribution in [-0.2, 0) is 0 Å². The van der Waals surface area contributed by atoms with E-state index in [1.54, 1.807) is 0 Å². The predicted octanol–water partition coefficient (Wildman–Crippen LogP) is 1.98. The summed E-state index contributed by atoms with van der Waals surface area (Å²) in [5.41, 5.74) is 1.16. The van der Waals surface area contributed by atoms with Crippen molar-refractivity contribution in [3.05, 3.63) is 29.8 Å². The molecule has 0 heterocycles. The maximum atomic E-state index is 5.16. The summed E-state index contributed by atoms with van der Waals surface area (Å²) in [6.07, 6.45) is 7.38. The Kier molecular flexibility index (Phi) is 6.80. The monoisotopic (exact) mass is 252 g/mol. The average molecular weight is 252 g/mol. The summed E-state index contributed by atoms with van der Waals surface area (Å²) < 4.78 is 5.16. The summed E-state index contributed by atoms with van der Waals surface area (Å²) >= 11 is 0. The fourth-order valence-electron chi connectivity index (χ4n) is 0.971. The third-order valence-corrected chi connectivity index (χ3v) is 1.81. The van der Waals surface area contributed by atoms with Crippen LogP contribution in [0.3, 0.4) is 0 Å². The molecule has 0 aliphatic carbocycles. The molecule has 0 aromatic heterocycles. The lowest BCUT2D eigenvalue weighted by molar-refractivity contribution is 0.520. The zero-order valence-electron chi connectivity index (χ0n) is 10.8. The van der Waals surface area contributed by atoms with Crippen LogP contribution >= 0.6 is 0 Å². The Morgan fingerprint density at radius 2 is 1.25 bits per heavy atom. The Morgan fingerprint density at radius 3 is 1.80 bits per heavy atom. The summed E-state index contributed by atoms with van der Waals surface area (Å²) in [5.74, 6) is 25.1. The molecule has 0 aliphatic heterocycles. The third kappa shape index (κ3) is 6.85. The number of ether oxygens (including phenoxy) is 1. The Balaban J connectivity index is 2.45. The second kappa shape index (κ2) is 9.41. The van der Waals surface area contributed by atoms with E-state index in [1.165, 1.54) is 0 Å². The minimum atomic E-state index is 0.675. The molecular formula is C19H8O.